The minimum absolute atomic E-state index is 0.00700. The van der Waals surface area contributed by atoms with Crippen LogP contribution in [0.25, 0.3) is 0 Å². The molecule has 7 heteroatoms. The number of ether oxygens (including phenoxy) is 1. The van der Waals surface area contributed by atoms with E-state index in [1.54, 1.807) is 47.8 Å². The second-order valence-corrected chi connectivity index (χ2v) is 7.71. The Balaban J connectivity index is 1.41. The maximum atomic E-state index is 13.1. The Hall–Kier alpha value is -4.00. The number of nitrogens with zero attached hydrogens (tertiary/aromatic N) is 4. The smallest absolute Gasteiger partial charge is 0.243 e. The summed E-state index contributed by atoms with van der Waals surface area (Å²) in [5.41, 5.74) is 3.00. The van der Waals surface area contributed by atoms with Crippen LogP contribution in [0, 0.1) is 5.82 Å². The molecule has 0 radical (unpaired) electrons. The van der Waals surface area contributed by atoms with E-state index in [9.17, 15) is 9.18 Å². The van der Waals surface area contributed by atoms with Gasteiger partial charge >= 0.3 is 0 Å². The number of rotatable bonds is 10. The van der Waals surface area contributed by atoms with Crippen molar-refractivity contribution in [2.75, 3.05) is 6.61 Å². The normalized spacial score (nSPS) is 10.7. The van der Waals surface area contributed by atoms with E-state index in [2.05, 4.69) is 9.97 Å². The Morgan fingerprint density at radius 3 is 2.45 bits per heavy atom. The summed E-state index contributed by atoms with van der Waals surface area (Å²) in [5, 5.41) is 0. The van der Waals surface area contributed by atoms with Crippen molar-refractivity contribution in [1.29, 1.82) is 0 Å². The predicted octanol–water partition coefficient (Wildman–Crippen LogP) is 4.27. The Bertz CT molecular complexity index is 1150. The molecule has 4 aromatic rings. The maximum absolute atomic E-state index is 13.1. The number of halogens is 1. The number of benzene rings is 2. The van der Waals surface area contributed by atoms with Crippen LogP contribution in [0.2, 0.25) is 0 Å². The number of hydrogen-bond acceptors (Lipinski definition) is 4. The van der Waals surface area contributed by atoms with E-state index in [1.807, 2.05) is 41.3 Å². The summed E-state index contributed by atoms with van der Waals surface area (Å²) in [6.07, 6.45) is 9.21. The van der Waals surface area contributed by atoms with Crippen molar-refractivity contribution < 1.29 is 13.9 Å². The van der Waals surface area contributed by atoms with Gasteiger partial charge in [-0.25, -0.2) is 9.37 Å². The van der Waals surface area contributed by atoms with Crippen LogP contribution in [0.3, 0.4) is 0 Å². The zero-order valence-corrected chi connectivity index (χ0v) is 18.2. The van der Waals surface area contributed by atoms with Gasteiger partial charge in [0.15, 0.2) is 0 Å². The fourth-order valence-corrected chi connectivity index (χ4v) is 3.47. The van der Waals surface area contributed by atoms with Crippen LogP contribution in [-0.4, -0.2) is 31.9 Å². The van der Waals surface area contributed by atoms with Gasteiger partial charge in [0.1, 0.15) is 18.1 Å². The van der Waals surface area contributed by atoms with Gasteiger partial charge in [0, 0.05) is 44.3 Å². The summed E-state index contributed by atoms with van der Waals surface area (Å²) in [4.78, 5) is 22.9. The number of carbonyl (C=O) groups is 1. The third kappa shape index (κ3) is 6.74. The Kier molecular flexibility index (Phi) is 7.43. The van der Waals surface area contributed by atoms with Gasteiger partial charge in [0.2, 0.25) is 5.91 Å². The zero-order valence-electron chi connectivity index (χ0n) is 18.2. The van der Waals surface area contributed by atoms with Crippen LogP contribution in [-0.2, 0) is 30.8 Å². The van der Waals surface area contributed by atoms with E-state index < -0.39 is 0 Å². The number of pyridine rings is 1. The fourth-order valence-electron chi connectivity index (χ4n) is 3.47. The van der Waals surface area contributed by atoms with Crippen LogP contribution >= 0.6 is 0 Å². The molecule has 0 aliphatic carbocycles. The van der Waals surface area contributed by atoms with Crippen molar-refractivity contribution in [2.45, 2.75) is 26.1 Å². The highest BCUT2D eigenvalue weighted by atomic mass is 19.1. The molecule has 0 bridgehead atoms. The summed E-state index contributed by atoms with van der Waals surface area (Å²) in [5.74, 6) is 0.485. The number of aromatic nitrogens is 3. The average molecular weight is 445 g/mol. The highest BCUT2D eigenvalue weighted by molar-refractivity contribution is 5.76. The SMILES string of the molecule is O=C(Cn1ccnc1)N(Cc1ccncc1)Cc1cccc(OCCc2ccc(F)cc2)c1. The van der Waals surface area contributed by atoms with Gasteiger partial charge in [-0.15, -0.1) is 0 Å². The lowest BCUT2D eigenvalue weighted by Gasteiger charge is -2.23. The molecule has 2 aromatic heterocycles. The molecule has 33 heavy (non-hydrogen) atoms. The summed E-state index contributed by atoms with van der Waals surface area (Å²) in [6, 6.07) is 18.0. The molecule has 0 atom stereocenters. The molecule has 0 saturated carbocycles. The second-order valence-electron chi connectivity index (χ2n) is 7.71. The lowest BCUT2D eigenvalue weighted by atomic mass is 10.1. The summed E-state index contributed by atoms with van der Waals surface area (Å²) in [7, 11) is 0. The molecule has 0 aliphatic rings. The Morgan fingerprint density at radius 2 is 1.70 bits per heavy atom. The van der Waals surface area contributed by atoms with Crippen LogP contribution < -0.4 is 4.74 Å². The largest absolute Gasteiger partial charge is 0.493 e. The van der Waals surface area contributed by atoms with Gasteiger partial charge in [0.05, 0.1) is 12.9 Å². The van der Waals surface area contributed by atoms with E-state index in [-0.39, 0.29) is 18.3 Å². The molecular weight excluding hydrogens is 419 g/mol. The first-order valence-electron chi connectivity index (χ1n) is 10.7. The van der Waals surface area contributed by atoms with Gasteiger partial charge in [-0.2, -0.15) is 0 Å². The zero-order chi connectivity index (χ0) is 22.9. The lowest BCUT2D eigenvalue weighted by Crippen LogP contribution is -2.32. The van der Waals surface area contributed by atoms with Crippen molar-refractivity contribution in [3.63, 3.8) is 0 Å². The molecule has 0 saturated heterocycles. The van der Waals surface area contributed by atoms with Crippen molar-refractivity contribution in [3.05, 3.63) is 114 Å². The molecule has 168 valence electrons. The van der Waals surface area contributed by atoms with Crippen molar-refractivity contribution in [1.82, 2.24) is 19.4 Å². The molecule has 0 fully saturated rings. The van der Waals surface area contributed by atoms with Crippen molar-refractivity contribution in [2.24, 2.45) is 0 Å². The Labute approximate surface area is 192 Å². The number of imidazole rings is 1. The van der Waals surface area contributed by atoms with Gasteiger partial charge in [-0.3, -0.25) is 9.78 Å². The fraction of sp³-hybridized carbons (Fsp3) is 0.192. The first-order chi connectivity index (χ1) is 16.2. The molecule has 2 aromatic carbocycles. The topological polar surface area (TPSA) is 60.2 Å². The van der Waals surface area contributed by atoms with Gasteiger partial charge in [0.25, 0.3) is 0 Å². The van der Waals surface area contributed by atoms with Crippen molar-refractivity contribution in [3.8, 4) is 5.75 Å². The van der Waals surface area contributed by atoms with Crippen LogP contribution in [0.4, 0.5) is 4.39 Å². The molecule has 0 spiro atoms. The number of hydrogen-bond donors (Lipinski definition) is 0. The summed E-state index contributed by atoms with van der Waals surface area (Å²) >= 11 is 0. The van der Waals surface area contributed by atoms with Crippen LogP contribution in [0.15, 0.2) is 91.8 Å². The highest BCUT2D eigenvalue weighted by Crippen LogP contribution is 2.17. The molecule has 1 amide bonds. The highest BCUT2D eigenvalue weighted by Gasteiger charge is 2.16. The summed E-state index contributed by atoms with van der Waals surface area (Å²) in [6.45, 7) is 1.63. The first-order valence-corrected chi connectivity index (χ1v) is 10.7. The lowest BCUT2D eigenvalue weighted by molar-refractivity contribution is -0.133. The molecule has 0 unspecified atom stereocenters. The quantitative estimate of drug-likeness (QED) is 0.367. The number of amides is 1. The Morgan fingerprint density at radius 1 is 0.909 bits per heavy atom. The second kappa shape index (κ2) is 11.0. The molecule has 0 N–H and O–H groups in total. The predicted molar refractivity (Wildman–Crippen MR) is 123 cm³/mol. The van der Waals surface area contributed by atoms with E-state index in [0.717, 1.165) is 22.4 Å². The standard InChI is InChI=1S/C26H25FN4O2/c27-24-6-4-21(5-7-24)10-15-33-25-3-1-2-23(16-25)18-31(17-22-8-11-28-12-9-22)26(32)19-30-14-13-29-20-30/h1-9,11-14,16,20H,10,15,17-19H2. The van der Waals surface area contributed by atoms with E-state index >= 15 is 0 Å². The average Bonchev–Trinajstić information content (AvgIpc) is 3.34. The molecule has 0 aliphatic heterocycles. The van der Waals surface area contributed by atoms with E-state index in [4.69, 9.17) is 4.74 Å². The molecule has 2 heterocycles. The molecular formula is C26H25FN4O2. The van der Waals surface area contributed by atoms with Gasteiger partial charge < -0.3 is 14.2 Å². The maximum Gasteiger partial charge on any atom is 0.243 e. The molecule has 6 nitrogen and oxygen atoms in total. The van der Waals surface area contributed by atoms with Gasteiger partial charge in [-0.05, 0) is 53.1 Å². The third-order valence-corrected chi connectivity index (χ3v) is 5.20. The van der Waals surface area contributed by atoms with Crippen LogP contribution in [0.5, 0.6) is 5.75 Å². The first kappa shape index (κ1) is 22.2. The van der Waals surface area contributed by atoms with Gasteiger partial charge in [-0.1, -0.05) is 24.3 Å². The van der Waals surface area contributed by atoms with Crippen molar-refractivity contribution >= 4 is 5.91 Å². The summed E-state index contributed by atoms with van der Waals surface area (Å²) < 4.78 is 20.7. The van der Waals surface area contributed by atoms with E-state index in [1.165, 1.54) is 12.1 Å². The number of carbonyl (C=O) groups excluding carboxylic acids is 1. The third-order valence-electron chi connectivity index (χ3n) is 5.20. The molecule has 4 rings (SSSR count). The minimum atomic E-state index is -0.244. The monoisotopic (exact) mass is 444 g/mol. The minimum Gasteiger partial charge on any atom is -0.493 e. The van der Waals surface area contributed by atoms with Crippen LogP contribution in [0.1, 0.15) is 16.7 Å². The van der Waals surface area contributed by atoms with E-state index in [0.29, 0.717) is 26.1 Å².